The summed E-state index contributed by atoms with van der Waals surface area (Å²) in [6.45, 7) is 8.13. The van der Waals surface area contributed by atoms with Crippen LogP contribution in [0.3, 0.4) is 0 Å². The largest absolute Gasteiger partial charge is 0.466 e. The summed E-state index contributed by atoms with van der Waals surface area (Å²) in [5.74, 6) is -1.20. The first kappa shape index (κ1) is 16.7. The Morgan fingerprint density at radius 3 is 2.11 bits per heavy atom. The highest BCUT2D eigenvalue weighted by Crippen LogP contribution is 2.21. The standard InChI is InChI=1S/C14H24O4/c1-5-9-11(6-2)12(14(16)18-8-4)10-13(15)17-7-3/h9,12H,5-8,10H2,1-4H3/b11-9-. The molecule has 0 aromatic rings. The van der Waals surface area contributed by atoms with E-state index in [0.29, 0.717) is 13.2 Å². The van der Waals surface area contributed by atoms with E-state index in [2.05, 4.69) is 0 Å². The van der Waals surface area contributed by atoms with Gasteiger partial charge in [-0.1, -0.05) is 25.5 Å². The maximum atomic E-state index is 11.9. The fourth-order valence-corrected chi connectivity index (χ4v) is 1.79. The number of hydrogen-bond donors (Lipinski definition) is 0. The van der Waals surface area contributed by atoms with Crippen LogP contribution in [0.1, 0.15) is 47.0 Å². The first-order valence-corrected chi connectivity index (χ1v) is 6.61. The van der Waals surface area contributed by atoms with E-state index in [4.69, 9.17) is 9.47 Å². The maximum absolute atomic E-state index is 11.9. The van der Waals surface area contributed by atoms with E-state index in [0.717, 1.165) is 18.4 Å². The normalized spacial score (nSPS) is 13.0. The van der Waals surface area contributed by atoms with Crippen molar-refractivity contribution in [2.45, 2.75) is 47.0 Å². The lowest BCUT2D eigenvalue weighted by Crippen LogP contribution is -2.24. The molecule has 18 heavy (non-hydrogen) atoms. The second-order valence-electron chi connectivity index (χ2n) is 3.85. The van der Waals surface area contributed by atoms with Gasteiger partial charge in [-0.3, -0.25) is 9.59 Å². The van der Waals surface area contributed by atoms with Crippen molar-refractivity contribution in [3.05, 3.63) is 11.6 Å². The van der Waals surface area contributed by atoms with Gasteiger partial charge >= 0.3 is 11.9 Å². The molecule has 4 heteroatoms. The lowest BCUT2D eigenvalue weighted by molar-refractivity contribution is -0.153. The molecular weight excluding hydrogens is 232 g/mol. The summed E-state index contributed by atoms with van der Waals surface area (Å²) in [5.41, 5.74) is 0.948. The van der Waals surface area contributed by atoms with E-state index in [-0.39, 0.29) is 18.4 Å². The topological polar surface area (TPSA) is 52.6 Å². The Bertz CT molecular complexity index is 294. The van der Waals surface area contributed by atoms with Crippen molar-refractivity contribution >= 4 is 11.9 Å². The summed E-state index contributed by atoms with van der Waals surface area (Å²) in [6, 6.07) is 0. The van der Waals surface area contributed by atoms with Gasteiger partial charge in [0.1, 0.15) is 0 Å². The minimum absolute atomic E-state index is 0.0619. The first-order valence-electron chi connectivity index (χ1n) is 6.61. The Labute approximate surface area is 109 Å². The van der Waals surface area contributed by atoms with Crippen molar-refractivity contribution < 1.29 is 19.1 Å². The number of carbonyl (C=O) groups excluding carboxylic acids is 2. The zero-order valence-electron chi connectivity index (χ0n) is 11.8. The lowest BCUT2D eigenvalue weighted by atomic mass is 9.92. The Morgan fingerprint density at radius 1 is 1.06 bits per heavy atom. The zero-order chi connectivity index (χ0) is 14.0. The van der Waals surface area contributed by atoms with Crippen molar-refractivity contribution in [3.8, 4) is 0 Å². The van der Waals surface area contributed by atoms with Crippen molar-refractivity contribution in [1.82, 2.24) is 0 Å². The predicted octanol–water partition coefficient (Wildman–Crippen LogP) is 2.87. The van der Waals surface area contributed by atoms with E-state index in [1.807, 2.05) is 19.9 Å². The van der Waals surface area contributed by atoms with Crippen molar-refractivity contribution in [1.29, 1.82) is 0 Å². The molecule has 0 aromatic heterocycles. The molecule has 0 radical (unpaired) electrons. The Hall–Kier alpha value is -1.32. The van der Waals surface area contributed by atoms with Crippen LogP contribution >= 0.6 is 0 Å². The minimum atomic E-state index is -0.506. The molecule has 0 bridgehead atoms. The highest BCUT2D eigenvalue weighted by molar-refractivity contribution is 5.82. The average molecular weight is 256 g/mol. The van der Waals surface area contributed by atoms with E-state index in [9.17, 15) is 9.59 Å². The van der Waals surface area contributed by atoms with Gasteiger partial charge in [-0.15, -0.1) is 0 Å². The van der Waals surface area contributed by atoms with Gasteiger partial charge < -0.3 is 9.47 Å². The zero-order valence-corrected chi connectivity index (χ0v) is 11.8. The van der Waals surface area contributed by atoms with Gasteiger partial charge in [0.15, 0.2) is 0 Å². The van der Waals surface area contributed by atoms with Crippen LogP contribution in [0.2, 0.25) is 0 Å². The fourth-order valence-electron chi connectivity index (χ4n) is 1.79. The Morgan fingerprint density at radius 2 is 1.67 bits per heavy atom. The lowest BCUT2D eigenvalue weighted by Gasteiger charge is -2.17. The molecule has 0 saturated heterocycles. The maximum Gasteiger partial charge on any atom is 0.313 e. The van der Waals surface area contributed by atoms with Crippen LogP contribution in [0.4, 0.5) is 0 Å². The molecule has 0 rings (SSSR count). The van der Waals surface area contributed by atoms with Gasteiger partial charge in [0.05, 0.1) is 25.6 Å². The molecule has 1 unspecified atom stereocenters. The number of allylic oxidation sites excluding steroid dienone is 1. The third-order valence-corrected chi connectivity index (χ3v) is 2.57. The summed E-state index contributed by atoms with van der Waals surface area (Å²) in [5, 5.41) is 0. The van der Waals surface area contributed by atoms with Gasteiger partial charge in [0, 0.05) is 0 Å². The Kier molecular flexibility index (Phi) is 8.97. The van der Waals surface area contributed by atoms with Crippen LogP contribution in [0.25, 0.3) is 0 Å². The highest BCUT2D eigenvalue weighted by Gasteiger charge is 2.26. The van der Waals surface area contributed by atoms with Gasteiger partial charge in [-0.25, -0.2) is 0 Å². The number of hydrogen-bond acceptors (Lipinski definition) is 4. The number of esters is 2. The summed E-state index contributed by atoms with van der Waals surface area (Å²) >= 11 is 0. The SMILES string of the molecule is CC/C=C(/CC)C(CC(=O)OCC)C(=O)OCC. The van der Waals surface area contributed by atoms with Crippen molar-refractivity contribution in [3.63, 3.8) is 0 Å². The van der Waals surface area contributed by atoms with Gasteiger partial charge in [-0.2, -0.15) is 0 Å². The monoisotopic (exact) mass is 256 g/mol. The molecule has 4 nitrogen and oxygen atoms in total. The van der Waals surface area contributed by atoms with Crippen LogP contribution < -0.4 is 0 Å². The molecule has 1 atom stereocenters. The number of ether oxygens (including phenoxy) is 2. The van der Waals surface area contributed by atoms with E-state index in [1.165, 1.54) is 0 Å². The fraction of sp³-hybridized carbons (Fsp3) is 0.714. The molecule has 0 spiro atoms. The molecule has 0 amide bonds. The third-order valence-electron chi connectivity index (χ3n) is 2.57. The summed E-state index contributed by atoms with van der Waals surface area (Å²) in [6.07, 6.45) is 3.62. The molecule has 0 heterocycles. The third kappa shape index (κ3) is 5.84. The van der Waals surface area contributed by atoms with Gasteiger partial charge in [-0.05, 0) is 26.7 Å². The van der Waals surface area contributed by atoms with Crippen LogP contribution in [0.15, 0.2) is 11.6 Å². The second-order valence-corrected chi connectivity index (χ2v) is 3.85. The first-order chi connectivity index (χ1) is 8.60. The molecule has 0 aromatic carbocycles. The van der Waals surface area contributed by atoms with E-state index < -0.39 is 5.92 Å². The Balaban J connectivity index is 4.86. The molecule has 0 N–H and O–H groups in total. The summed E-state index contributed by atoms with van der Waals surface area (Å²) in [7, 11) is 0. The summed E-state index contributed by atoms with van der Waals surface area (Å²) in [4.78, 5) is 23.4. The predicted molar refractivity (Wildman–Crippen MR) is 70.0 cm³/mol. The van der Waals surface area contributed by atoms with E-state index in [1.54, 1.807) is 13.8 Å². The molecule has 0 fully saturated rings. The number of carbonyl (C=O) groups is 2. The quantitative estimate of drug-likeness (QED) is 0.495. The highest BCUT2D eigenvalue weighted by atomic mass is 16.5. The molecule has 0 aliphatic carbocycles. The molecule has 104 valence electrons. The van der Waals surface area contributed by atoms with Crippen LogP contribution in [0, 0.1) is 5.92 Å². The van der Waals surface area contributed by atoms with Crippen LogP contribution in [-0.4, -0.2) is 25.2 Å². The molecule has 0 saturated carbocycles. The molecule has 0 aliphatic rings. The van der Waals surface area contributed by atoms with Crippen LogP contribution in [0.5, 0.6) is 0 Å². The van der Waals surface area contributed by atoms with Crippen LogP contribution in [-0.2, 0) is 19.1 Å². The molecule has 0 aliphatic heterocycles. The minimum Gasteiger partial charge on any atom is -0.466 e. The number of rotatable bonds is 8. The van der Waals surface area contributed by atoms with Gasteiger partial charge in [0.2, 0.25) is 0 Å². The smallest absolute Gasteiger partial charge is 0.313 e. The van der Waals surface area contributed by atoms with E-state index >= 15 is 0 Å². The van der Waals surface area contributed by atoms with Gasteiger partial charge in [0.25, 0.3) is 0 Å². The summed E-state index contributed by atoms with van der Waals surface area (Å²) < 4.78 is 9.92. The van der Waals surface area contributed by atoms with Crippen molar-refractivity contribution in [2.24, 2.45) is 5.92 Å². The van der Waals surface area contributed by atoms with Crippen molar-refractivity contribution in [2.75, 3.05) is 13.2 Å². The second kappa shape index (κ2) is 9.68. The average Bonchev–Trinajstić information content (AvgIpc) is 2.34. The molecular formula is C14H24O4.